The van der Waals surface area contributed by atoms with Gasteiger partial charge in [0.25, 0.3) is 0 Å². The molecule has 2 rings (SSSR count). The molecule has 7 nitrogen and oxygen atoms in total. The Morgan fingerprint density at radius 2 is 1.80 bits per heavy atom. The van der Waals surface area contributed by atoms with E-state index in [4.69, 9.17) is 4.74 Å². The summed E-state index contributed by atoms with van der Waals surface area (Å²) in [5.74, 6) is -0.964. The first kappa shape index (κ1) is 23.6. The molecule has 8 heteroatoms. The molecule has 30 heavy (non-hydrogen) atoms. The fourth-order valence-electron chi connectivity index (χ4n) is 3.30. The number of aromatic nitrogens is 1. The third kappa shape index (κ3) is 4.55. The fraction of sp³-hybridized carbons (Fsp3) is 0.364. The zero-order chi connectivity index (χ0) is 22.6. The molecule has 0 radical (unpaired) electrons. The highest BCUT2D eigenvalue weighted by molar-refractivity contribution is 7.89. The van der Waals surface area contributed by atoms with Crippen LogP contribution in [-0.2, 0) is 14.8 Å². The van der Waals surface area contributed by atoms with Gasteiger partial charge in [-0.15, -0.1) is 6.58 Å². The van der Waals surface area contributed by atoms with Crippen molar-refractivity contribution in [1.29, 1.82) is 0 Å². The van der Waals surface area contributed by atoms with Crippen molar-refractivity contribution in [3.05, 3.63) is 65.0 Å². The molecular weight excluding hydrogens is 404 g/mol. The van der Waals surface area contributed by atoms with Gasteiger partial charge in [-0.2, -0.15) is 4.31 Å². The summed E-state index contributed by atoms with van der Waals surface area (Å²) in [6, 6.07) is 5.44. The first-order valence-electron chi connectivity index (χ1n) is 9.66. The molecule has 1 heterocycles. The fourth-order valence-corrected chi connectivity index (χ4v) is 4.87. The second kappa shape index (κ2) is 9.40. The van der Waals surface area contributed by atoms with Crippen molar-refractivity contribution in [2.45, 2.75) is 45.6 Å². The average molecular weight is 433 g/mol. The molecule has 0 aliphatic rings. The summed E-state index contributed by atoms with van der Waals surface area (Å²) in [6.45, 7) is 12.2. The molecule has 0 spiro atoms. The zero-order valence-electron chi connectivity index (χ0n) is 18.0. The third-order valence-corrected chi connectivity index (χ3v) is 6.86. The van der Waals surface area contributed by atoms with E-state index in [1.54, 1.807) is 32.9 Å². The van der Waals surface area contributed by atoms with Crippen LogP contribution in [0.4, 0.5) is 0 Å². The van der Waals surface area contributed by atoms with Crippen molar-refractivity contribution >= 4 is 21.8 Å². The van der Waals surface area contributed by atoms with Gasteiger partial charge in [0.2, 0.25) is 10.0 Å². The van der Waals surface area contributed by atoms with Crippen molar-refractivity contribution < 1.29 is 22.7 Å². The average Bonchev–Trinajstić information content (AvgIpc) is 2.99. The Kier molecular flexibility index (Phi) is 7.39. The SMILES string of the molecule is C=CCN([C@@H](C)C(=O)c1c(C)[nH]c(C(=O)OCC)c1C)S(=O)(=O)c1ccc(C)cc1. The number of H-pyrrole nitrogens is 1. The van der Waals surface area contributed by atoms with E-state index in [0.29, 0.717) is 16.8 Å². The molecule has 0 bridgehead atoms. The standard InChI is InChI=1S/C22H28N2O5S/c1-7-13-24(30(27,28)18-11-9-14(3)10-12-18)17(6)21(25)19-15(4)20(23-16(19)5)22(26)29-8-2/h7,9-12,17,23H,1,8,13H2,2-6H3/t17-/m0/s1. The van der Waals surface area contributed by atoms with E-state index < -0.39 is 27.8 Å². The Balaban J connectivity index is 2.46. The summed E-state index contributed by atoms with van der Waals surface area (Å²) in [7, 11) is -3.94. The molecule has 1 N–H and O–H groups in total. The number of benzene rings is 1. The number of ether oxygens (including phenoxy) is 1. The number of aromatic amines is 1. The monoisotopic (exact) mass is 432 g/mol. The van der Waals surface area contributed by atoms with Gasteiger partial charge >= 0.3 is 5.97 Å². The molecule has 0 amide bonds. The van der Waals surface area contributed by atoms with Crippen LogP contribution >= 0.6 is 0 Å². The van der Waals surface area contributed by atoms with Crippen LogP contribution in [0.1, 0.15) is 51.5 Å². The van der Waals surface area contributed by atoms with Crippen LogP contribution in [0.3, 0.4) is 0 Å². The Bertz CT molecular complexity index is 1050. The number of rotatable bonds is 9. The second-order valence-electron chi connectivity index (χ2n) is 7.06. The maximum atomic E-state index is 13.3. The normalized spacial score (nSPS) is 12.6. The maximum absolute atomic E-state index is 13.3. The minimum absolute atomic E-state index is 0.0314. The zero-order valence-corrected chi connectivity index (χ0v) is 18.8. The van der Waals surface area contributed by atoms with E-state index in [2.05, 4.69) is 11.6 Å². The quantitative estimate of drug-likeness (QED) is 0.371. The van der Waals surface area contributed by atoms with Gasteiger partial charge in [0.05, 0.1) is 17.5 Å². The van der Waals surface area contributed by atoms with Crippen LogP contribution in [0.15, 0.2) is 41.8 Å². The summed E-state index contributed by atoms with van der Waals surface area (Å²) in [5.41, 5.74) is 2.34. The largest absolute Gasteiger partial charge is 0.461 e. The molecule has 0 aliphatic carbocycles. The number of ketones is 1. The van der Waals surface area contributed by atoms with Gasteiger partial charge in [-0.05, 0) is 52.3 Å². The number of sulfonamides is 1. The number of hydrogen-bond donors (Lipinski definition) is 1. The number of nitrogens with one attached hydrogen (secondary N) is 1. The van der Waals surface area contributed by atoms with E-state index in [1.807, 2.05) is 6.92 Å². The minimum atomic E-state index is -3.94. The van der Waals surface area contributed by atoms with Crippen molar-refractivity contribution in [3.63, 3.8) is 0 Å². The maximum Gasteiger partial charge on any atom is 0.355 e. The van der Waals surface area contributed by atoms with Crippen LogP contribution in [0.2, 0.25) is 0 Å². The Hall–Kier alpha value is -2.71. The van der Waals surface area contributed by atoms with Crippen molar-refractivity contribution in [2.24, 2.45) is 0 Å². The summed E-state index contributed by atoms with van der Waals surface area (Å²) in [4.78, 5) is 28.5. The van der Waals surface area contributed by atoms with Crippen molar-refractivity contribution in [1.82, 2.24) is 9.29 Å². The Morgan fingerprint density at radius 3 is 2.33 bits per heavy atom. The number of hydrogen-bond acceptors (Lipinski definition) is 5. The predicted octanol–water partition coefficient (Wildman–Crippen LogP) is 3.56. The third-order valence-electron chi connectivity index (χ3n) is 4.91. The molecule has 0 aliphatic heterocycles. The number of Topliss-reactive ketones (excluding diaryl/α,β-unsaturated/α-hetero) is 1. The van der Waals surface area contributed by atoms with Crippen molar-refractivity contribution in [3.8, 4) is 0 Å². The summed E-state index contributed by atoms with van der Waals surface area (Å²) in [6.07, 6.45) is 1.44. The molecule has 0 fully saturated rings. The van der Waals surface area contributed by atoms with Gasteiger partial charge in [0.15, 0.2) is 5.78 Å². The summed E-state index contributed by atoms with van der Waals surface area (Å²) >= 11 is 0. The summed E-state index contributed by atoms with van der Waals surface area (Å²) in [5, 5.41) is 0. The molecular formula is C22H28N2O5S. The van der Waals surface area contributed by atoms with Crippen molar-refractivity contribution in [2.75, 3.05) is 13.2 Å². The highest BCUT2D eigenvalue weighted by Crippen LogP contribution is 2.25. The lowest BCUT2D eigenvalue weighted by molar-refractivity contribution is 0.0519. The van der Waals surface area contributed by atoms with E-state index in [0.717, 1.165) is 9.87 Å². The molecule has 162 valence electrons. The van der Waals surface area contributed by atoms with Crippen LogP contribution in [-0.4, -0.2) is 48.7 Å². The Morgan fingerprint density at radius 1 is 1.20 bits per heavy atom. The number of carbonyl (C=O) groups is 2. The van der Waals surface area contributed by atoms with Gasteiger partial charge in [-0.3, -0.25) is 4.79 Å². The highest BCUT2D eigenvalue weighted by atomic mass is 32.2. The lowest BCUT2D eigenvalue weighted by Gasteiger charge is -2.26. The molecule has 1 aromatic heterocycles. The van der Waals surface area contributed by atoms with Gasteiger partial charge in [-0.1, -0.05) is 23.8 Å². The van der Waals surface area contributed by atoms with Gasteiger partial charge in [0, 0.05) is 17.8 Å². The first-order chi connectivity index (χ1) is 14.1. The van der Waals surface area contributed by atoms with Gasteiger partial charge < -0.3 is 9.72 Å². The molecule has 0 saturated carbocycles. The van der Waals surface area contributed by atoms with E-state index in [-0.39, 0.29) is 23.7 Å². The second-order valence-corrected chi connectivity index (χ2v) is 8.95. The Labute approximate surface area is 177 Å². The van der Waals surface area contributed by atoms with Gasteiger partial charge in [-0.25, -0.2) is 13.2 Å². The first-order valence-corrected chi connectivity index (χ1v) is 11.1. The lowest BCUT2D eigenvalue weighted by Crippen LogP contribution is -2.43. The molecule has 1 aromatic carbocycles. The topological polar surface area (TPSA) is 96.5 Å². The van der Waals surface area contributed by atoms with Crippen LogP contribution in [0.25, 0.3) is 0 Å². The number of carbonyl (C=O) groups excluding carboxylic acids is 2. The highest BCUT2D eigenvalue weighted by Gasteiger charge is 2.35. The number of esters is 1. The molecule has 2 aromatic rings. The van der Waals surface area contributed by atoms with E-state index >= 15 is 0 Å². The lowest BCUT2D eigenvalue weighted by atomic mass is 10.0. The summed E-state index contributed by atoms with van der Waals surface area (Å²) < 4.78 is 32.6. The molecule has 0 saturated heterocycles. The van der Waals surface area contributed by atoms with E-state index in [1.165, 1.54) is 25.1 Å². The number of nitrogens with zero attached hydrogens (tertiary/aromatic N) is 1. The molecule has 1 atom stereocenters. The van der Waals surface area contributed by atoms with Crippen LogP contribution < -0.4 is 0 Å². The smallest absolute Gasteiger partial charge is 0.355 e. The molecule has 0 unspecified atom stereocenters. The van der Waals surface area contributed by atoms with Crippen LogP contribution in [0, 0.1) is 20.8 Å². The van der Waals surface area contributed by atoms with Gasteiger partial charge in [0.1, 0.15) is 5.69 Å². The predicted molar refractivity (Wildman–Crippen MR) is 115 cm³/mol. The minimum Gasteiger partial charge on any atom is -0.461 e. The number of aryl methyl sites for hydroxylation is 2. The van der Waals surface area contributed by atoms with E-state index in [9.17, 15) is 18.0 Å². The van der Waals surface area contributed by atoms with Crippen LogP contribution in [0.5, 0.6) is 0 Å².